The summed E-state index contributed by atoms with van der Waals surface area (Å²) in [5, 5.41) is 0. The first-order chi connectivity index (χ1) is 7.16. The largest absolute Gasteiger partial charge is 0.493 e. The molecule has 1 aliphatic carbocycles. The zero-order valence-corrected chi connectivity index (χ0v) is 9.49. The van der Waals surface area contributed by atoms with Crippen LogP contribution in [0.5, 0.6) is 5.75 Å². The van der Waals surface area contributed by atoms with Gasteiger partial charge in [-0.15, -0.1) is 0 Å². The van der Waals surface area contributed by atoms with Crippen LogP contribution in [0.3, 0.4) is 0 Å². The van der Waals surface area contributed by atoms with Gasteiger partial charge in [0.15, 0.2) is 0 Å². The summed E-state index contributed by atoms with van der Waals surface area (Å²) < 4.78 is 5.69. The molecule has 2 N–H and O–H groups in total. The highest BCUT2D eigenvalue weighted by molar-refractivity contribution is 5.40. The molecular formula is C13H19NO. The van der Waals surface area contributed by atoms with Crippen LogP contribution in [0.1, 0.15) is 37.4 Å². The van der Waals surface area contributed by atoms with Gasteiger partial charge in [-0.25, -0.2) is 0 Å². The molecule has 0 aromatic heterocycles. The first-order valence-corrected chi connectivity index (χ1v) is 5.68. The molecule has 0 bridgehead atoms. The van der Waals surface area contributed by atoms with Gasteiger partial charge in [0.2, 0.25) is 0 Å². The average Bonchev–Trinajstić information content (AvgIpc) is 2.57. The van der Waals surface area contributed by atoms with Crippen molar-refractivity contribution in [1.29, 1.82) is 0 Å². The second kappa shape index (κ2) is 4.23. The summed E-state index contributed by atoms with van der Waals surface area (Å²) in [6.45, 7) is 5.09. The Morgan fingerprint density at radius 1 is 1.47 bits per heavy atom. The number of benzene rings is 1. The maximum Gasteiger partial charge on any atom is 0.119 e. The van der Waals surface area contributed by atoms with Crippen molar-refractivity contribution in [2.24, 2.45) is 11.7 Å². The number of aryl methyl sites for hydroxylation is 1. The molecule has 82 valence electrons. The molecule has 1 unspecified atom stereocenters. The topological polar surface area (TPSA) is 35.2 Å². The molecule has 1 aliphatic rings. The Kier molecular flexibility index (Phi) is 2.96. The molecule has 0 amide bonds. The molecule has 0 saturated heterocycles. The van der Waals surface area contributed by atoms with Gasteiger partial charge in [-0.3, -0.25) is 0 Å². The first-order valence-electron chi connectivity index (χ1n) is 5.68. The summed E-state index contributed by atoms with van der Waals surface area (Å²) in [5.74, 6) is 1.55. The third kappa shape index (κ3) is 2.32. The highest BCUT2D eigenvalue weighted by Gasteiger charge is 2.18. The van der Waals surface area contributed by atoms with E-state index in [-0.39, 0.29) is 6.04 Å². The maximum atomic E-state index is 5.98. The number of hydrogen-bond donors (Lipinski definition) is 1. The summed E-state index contributed by atoms with van der Waals surface area (Å²) in [7, 11) is 0. The van der Waals surface area contributed by atoms with E-state index in [1.54, 1.807) is 0 Å². The fourth-order valence-corrected chi connectivity index (χ4v) is 1.98. The second-order valence-electron chi connectivity index (χ2n) is 4.71. The summed E-state index contributed by atoms with van der Waals surface area (Å²) in [6.07, 6.45) is 2.17. The van der Waals surface area contributed by atoms with E-state index in [0.717, 1.165) is 25.2 Å². The predicted octanol–water partition coefficient (Wildman–Crippen LogP) is 2.67. The Labute approximate surface area is 91.4 Å². The molecule has 2 nitrogen and oxygen atoms in total. The van der Waals surface area contributed by atoms with Gasteiger partial charge in [-0.1, -0.05) is 19.9 Å². The smallest absolute Gasteiger partial charge is 0.119 e. The molecule has 2 heteroatoms. The number of fused-ring (bicyclic) bond motifs is 1. The highest BCUT2D eigenvalue weighted by atomic mass is 16.5. The van der Waals surface area contributed by atoms with Gasteiger partial charge in [0.1, 0.15) is 5.75 Å². The van der Waals surface area contributed by atoms with Gasteiger partial charge >= 0.3 is 0 Å². The molecule has 0 radical (unpaired) electrons. The molecule has 0 heterocycles. The highest BCUT2D eigenvalue weighted by Crippen LogP contribution is 2.31. The zero-order valence-electron chi connectivity index (χ0n) is 9.49. The monoisotopic (exact) mass is 205 g/mol. The molecule has 1 aromatic carbocycles. The van der Waals surface area contributed by atoms with E-state index in [2.05, 4.69) is 26.0 Å². The van der Waals surface area contributed by atoms with E-state index in [1.807, 2.05) is 6.07 Å². The van der Waals surface area contributed by atoms with Gasteiger partial charge in [0.25, 0.3) is 0 Å². The lowest BCUT2D eigenvalue weighted by Gasteiger charge is -2.10. The lowest BCUT2D eigenvalue weighted by Crippen LogP contribution is -2.06. The Hall–Kier alpha value is -1.02. The minimum absolute atomic E-state index is 0.235. The van der Waals surface area contributed by atoms with Crippen molar-refractivity contribution in [2.75, 3.05) is 6.61 Å². The zero-order chi connectivity index (χ0) is 10.8. The van der Waals surface area contributed by atoms with E-state index in [1.165, 1.54) is 11.1 Å². The number of ether oxygens (including phenoxy) is 1. The molecule has 0 aliphatic heterocycles. The average molecular weight is 205 g/mol. The van der Waals surface area contributed by atoms with E-state index in [0.29, 0.717) is 5.92 Å². The van der Waals surface area contributed by atoms with Crippen molar-refractivity contribution in [3.05, 3.63) is 29.3 Å². The quantitative estimate of drug-likeness (QED) is 0.823. The molecule has 2 rings (SSSR count). The molecular weight excluding hydrogens is 186 g/mol. The Balaban J connectivity index is 2.09. The van der Waals surface area contributed by atoms with E-state index in [9.17, 15) is 0 Å². The van der Waals surface area contributed by atoms with Gasteiger partial charge in [-0.2, -0.15) is 0 Å². The van der Waals surface area contributed by atoms with Crippen molar-refractivity contribution in [1.82, 2.24) is 0 Å². The second-order valence-corrected chi connectivity index (χ2v) is 4.71. The van der Waals surface area contributed by atoms with Crippen LogP contribution in [0, 0.1) is 5.92 Å². The maximum absolute atomic E-state index is 5.98. The first kappa shape index (κ1) is 10.5. The van der Waals surface area contributed by atoms with Crippen LogP contribution >= 0.6 is 0 Å². The molecule has 0 saturated carbocycles. The third-order valence-corrected chi connectivity index (χ3v) is 2.82. The molecule has 15 heavy (non-hydrogen) atoms. The third-order valence-electron chi connectivity index (χ3n) is 2.82. The van der Waals surface area contributed by atoms with Gasteiger partial charge in [0.05, 0.1) is 6.61 Å². The number of hydrogen-bond acceptors (Lipinski definition) is 2. The molecule has 0 spiro atoms. The Morgan fingerprint density at radius 3 is 3.00 bits per heavy atom. The van der Waals surface area contributed by atoms with Gasteiger partial charge in [0, 0.05) is 6.04 Å². The lowest BCUT2D eigenvalue weighted by molar-refractivity contribution is 0.271. The van der Waals surface area contributed by atoms with Gasteiger partial charge < -0.3 is 10.5 Å². The van der Waals surface area contributed by atoms with E-state index < -0.39 is 0 Å². The Bertz CT molecular complexity index is 346. The molecule has 1 atom stereocenters. The Morgan fingerprint density at radius 2 is 2.27 bits per heavy atom. The van der Waals surface area contributed by atoms with Crippen molar-refractivity contribution in [3.63, 3.8) is 0 Å². The van der Waals surface area contributed by atoms with Crippen molar-refractivity contribution >= 4 is 0 Å². The van der Waals surface area contributed by atoms with Crippen molar-refractivity contribution < 1.29 is 4.74 Å². The van der Waals surface area contributed by atoms with Crippen LogP contribution in [0.15, 0.2) is 18.2 Å². The predicted molar refractivity (Wildman–Crippen MR) is 62.0 cm³/mol. The van der Waals surface area contributed by atoms with Crippen LogP contribution in [0.2, 0.25) is 0 Å². The standard InChI is InChI=1S/C13H19NO/c1-9(2)8-15-11-4-5-12-10(7-11)3-6-13(12)14/h4-5,7,9,13H,3,6,8,14H2,1-2H3. The van der Waals surface area contributed by atoms with E-state index in [4.69, 9.17) is 10.5 Å². The fraction of sp³-hybridized carbons (Fsp3) is 0.538. The summed E-state index contributed by atoms with van der Waals surface area (Å²) in [5.41, 5.74) is 8.64. The van der Waals surface area contributed by atoms with E-state index >= 15 is 0 Å². The normalized spacial score (nSPS) is 19.3. The molecule has 0 fully saturated rings. The SMILES string of the molecule is CC(C)COc1ccc2c(c1)CCC2N. The van der Waals surface area contributed by atoms with Crippen molar-refractivity contribution in [3.8, 4) is 5.75 Å². The minimum atomic E-state index is 0.235. The van der Waals surface area contributed by atoms with Crippen LogP contribution < -0.4 is 10.5 Å². The van der Waals surface area contributed by atoms with Crippen LogP contribution in [0.25, 0.3) is 0 Å². The fourth-order valence-electron chi connectivity index (χ4n) is 1.98. The van der Waals surface area contributed by atoms with Crippen LogP contribution in [-0.4, -0.2) is 6.61 Å². The van der Waals surface area contributed by atoms with Crippen LogP contribution in [0.4, 0.5) is 0 Å². The minimum Gasteiger partial charge on any atom is -0.493 e. The van der Waals surface area contributed by atoms with Crippen LogP contribution in [-0.2, 0) is 6.42 Å². The summed E-state index contributed by atoms with van der Waals surface area (Å²) in [6, 6.07) is 6.53. The van der Waals surface area contributed by atoms with Crippen molar-refractivity contribution in [2.45, 2.75) is 32.7 Å². The summed E-state index contributed by atoms with van der Waals surface area (Å²) >= 11 is 0. The number of rotatable bonds is 3. The lowest BCUT2D eigenvalue weighted by atomic mass is 10.1. The number of nitrogens with two attached hydrogens (primary N) is 1. The van der Waals surface area contributed by atoms with Gasteiger partial charge in [-0.05, 0) is 42.0 Å². The molecule has 1 aromatic rings. The summed E-state index contributed by atoms with van der Waals surface area (Å²) in [4.78, 5) is 0.